The fourth-order valence-corrected chi connectivity index (χ4v) is 10.2. The lowest BCUT2D eigenvalue weighted by molar-refractivity contribution is 1.47. The molecule has 0 saturated heterocycles. The molecule has 54 heavy (non-hydrogen) atoms. The van der Waals surface area contributed by atoms with Crippen LogP contribution in [0.1, 0.15) is 5.56 Å². The normalized spacial score (nSPS) is 11.8. The third-order valence-electron chi connectivity index (χ3n) is 11.3. The highest BCUT2D eigenvalue weighted by atomic mass is 32.1. The van der Waals surface area contributed by atoms with Gasteiger partial charge < -0.3 is 0 Å². The van der Waals surface area contributed by atoms with E-state index in [2.05, 4.69) is 195 Å². The van der Waals surface area contributed by atoms with E-state index in [4.69, 9.17) is 0 Å². The van der Waals surface area contributed by atoms with Crippen LogP contribution in [-0.4, -0.2) is 0 Å². The highest BCUT2D eigenvalue weighted by molar-refractivity contribution is 7.26. The van der Waals surface area contributed by atoms with Gasteiger partial charge in [-0.15, -0.1) is 11.3 Å². The molecule has 0 aliphatic carbocycles. The van der Waals surface area contributed by atoms with Crippen LogP contribution in [0.15, 0.2) is 188 Å². The van der Waals surface area contributed by atoms with Crippen LogP contribution in [0, 0.1) is 6.92 Å². The molecule has 0 nitrogen and oxygen atoms in total. The molecule has 0 saturated carbocycles. The van der Waals surface area contributed by atoms with Crippen LogP contribution in [0.5, 0.6) is 0 Å². The molecule has 1 heterocycles. The van der Waals surface area contributed by atoms with Gasteiger partial charge in [0.2, 0.25) is 0 Å². The van der Waals surface area contributed by atoms with E-state index in [-0.39, 0.29) is 0 Å². The van der Waals surface area contributed by atoms with Crippen LogP contribution in [0.4, 0.5) is 0 Å². The molecule has 0 fully saturated rings. The summed E-state index contributed by atoms with van der Waals surface area (Å²) < 4.78 is 2.64. The number of benzene rings is 10. The van der Waals surface area contributed by atoms with Crippen LogP contribution in [0.3, 0.4) is 0 Å². The molecule has 0 unspecified atom stereocenters. The summed E-state index contributed by atoms with van der Waals surface area (Å²) in [7, 11) is 0. The van der Waals surface area contributed by atoms with Crippen molar-refractivity contribution in [3.05, 3.63) is 194 Å². The van der Waals surface area contributed by atoms with Gasteiger partial charge in [-0.25, -0.2) is 0 Å². The van der Waals surface area contributed by atoms with Crippen molar-refractivity contribution in [2.45, 2.75) is 6.92 Å². The van der Waals surface area contributed by atoms with Gasteiger partial charge in [0.1, 0.15) is 0 Å². The third-order valence-corrected chi connectivity index (χ3v) is 12.5. The first-order chi connectivity index (χ1) is 26.7. The molecule has 1 aromatic heterocycles. The fraction of sp³-hybridized carbons (Fsp3) is 0.0189. The molecule has 1 heteroatoms. The predicted molar refractivity (Wildman–Crippen MR) is 236 cm³/mol. The SMILES string of the molecule is Cc1ccc(-c2c3ccccc3c(-c3ccc4sc5c(-c6c7ccccc7c(-c7ccccc7)c7ccccc67)cccc5c4c3)c3ccccc23)cc1. The first-order valence-corrected chi connectivity index (χ1v) is 19.5. The summed E-state index contributed by atoms with van der Waals surface area (Å²) in [6.45, 7) is 2.16. The van der Waals surface area contributed by atoms with E-state index in [1.165, 1.54) is 113 Å². The maximum Gasteiger partial charge on any atom is 0.0434 e. The Balaban J connectivity index is 1.17. The van der Waals surface area contributed by atoms with E-state index in [1.807, 2.05) is 11.3 Å². The number of thiophene rings is 1. The molecule has 0 atom stereocenters. The van der Waals surface area contributed by atoms with Gasteiger partial charge in [0, 0.05) is 25.7 Å². The van der Waals surface area contributed by atoms with Gasteiger partial charge >= 0.3 is 0 Å². The molecule has 0 bridgehead atoms. The van der Waals surface area contributed by atoms with Crippen LogP contribution in [0.2, 0.25) is 0 Å². The van der Waals surface area contributed by atoms with E-state index in [9.17, 15) is 0 Å². The molecule has 10 aromatic carbocycles. The Hall–Kier alpha value is -6.54. The lowest BCUT2D eigenvalue weighted by Gasteiger charge is -2.18. The van der Waals surface area contributed by atoms with Crippen molar-refractivity contribution in [2.75, 3.05) is 0 Å². The van der Waals surface area contributed by atoms with Crippen molar-refractivity contribution < 1.29 is 0 Å². The largest absolute Gasteiger partial charge is 0.135 e. The summed E-state index contributed by atoms with van der Waals surface area (Å²) in [6.07, 6.45) is 0. The average molecular weight is 703 g/mol. The molecule has 0 aliphatic rings. The van der Waals surface area contributed by atoms with Gasteiger partial charge in [-0.05, 0) is 101 Å². The third kappa shape index (κ3) is 4.69. The molecule has 252 valence electrons. The molecule has 0 spiro atoms. The van der Waals surface area contributed by atoms with Crippen molar-refractivity contribution in [1.82, 2.24) is 0 Å². The standard InChI is InChI=1S/C53H34S/c1-33-26-28-35(29-27-33)50-37-16-5-7-18-39(37)51(40-19-8-6-17-38(40)50)36-30-31-48-47(32-36)45-24-13-25-46(53(45)54-48)52-43-22-11-9-20-41(43)49(34-14-3-2-4-15-34)42-21-10-12-23-44(42)52/h2-32H,1H3. The van der Waals surface area contributed by atoms with Crippen molar-refractivity contribution in [3.63, 3.8) is 0 Å². The smallest absolute Gasteiger partial charge is 0.0434 e. The number of hydrogen-bond acceptors (Lipinski definition) is 1. The number of aryl methyl sites for hydroxylation is 1. The Morgan fingerprint density at radius 2 is 0.704 bits per heavy atom. The fourth-order valence-electron chi connectivity index (χ4n) is 8.96. The minimum absolute atomic E-state index is 1.25. The minimum Gasteiger partial charge on any atom is -0.135 e. The van der Waals surface area contributed by atoms with Gasteiger partial charge in [-0.2, -0.15) is 0 Å². The van der Waals surface area contributed by atoms with Crippen LogP contribution >= 0.6 is 11.3 Å². The molecule has 11 aromatic rings. The van der Waals surface area contributed by atoms with E-state index >= 15 is 0 Å². The average Bonchev–Trinajstić information content (AvgIpc) is 3.61. The minimum atomic E-state index is 1.25. The van der Waals surface area contributed by atoms with Crippen molar-refractivity contribution in [1.29, 1.82) is 0 Å². The molecule has 0 N–H and O–H groups in total. The quantitative estimate of drug-likeness (QED) is 0.160. The van der Waals surface area contributed by atoms with E-state index in [0.717, 1.165) is 0 Å². The first kappa shape index (κ1) is 31.0. The Morgan fingerprint density at radius 1 is 0.296 bits per heavy atom. The zero-order chi connectivity index (χ0) is 35.8. The second-order valence-corrected chi connectivity index (χ2v) is 15.5. The van der Waals surface area contributed by atoms with Gasteiger partial charge in [-0.1, -0.05) is 181 Å². The summed E-state index contributed by atoms with van der Waals surface area (Å²) in [5, 5.41) is 12.9. The van der Waals surface area contributed by atoms with Gasteiger partial charge in [0.05, 0.1) is 0 Å². The molecule has 0 amide bonds. The highest BCUT2D eigenvalue weighted by Gasteiger charge is 2.21. The van der Waals surface area contributed by atoms with Crippen LogP contribution in [-0.2, 0) is 0 Å². The second kappa shape index (κ2) is 12.3. The Kier molecular flexibility index (Phi) is 7.05. The van der Waals surface area contributed by atoms with E-state index in [1.54, 1.807) is 0 Å². The molecule has 0 aliphatic heterocycles. The highest BCUT2D eigenvalue weighted by Crippen LogP contribution is 2.49. The van der Waals surface area contributed by atoms with Gasteiger partial charge in [-0.3, -0.25) is 0 Å². The monoisotopic (exact) mass is 702 g/mol. The Bertz CT molecular complexity index is 3140. The summed E-state index contributed by atoms with van der Waals surface area (Å²) in [6, 6.07) is 69.7. The summed E-state index contributed by atoms with van der Waals surface area (Å²) in [5.74, 6) is 0. The van der Waals surface area contributed by atoms with E-state index in [0.29, 0.717) is 0 Å². The summed E-state index contributed by atoms with van der Waals surface area (Å²) in [5.41, 5.74) is 11.5. The predicted octanol–water partition coefficient (Wildman–Crippen LogP) is 15.6. The van der Waals surface area contributed by atoms with E-state index < -0.39 is 0 Å². The van der Waals surface area contributed by atoms with Crippen LogP contribution < -0.4 is 0 Å². The first-order valence-electron chi connectivity index (χ1n) is 18.7. The zero-order valence-electron chi connectivity index (χ0n) is 29.8. The Labute approximate surface area is 318 Å². The summed E-state index contributed by atoms with van der Waals surface area (Å²) >= 11 is 1.91. The lowest BCUT2D eigenvalue weighted by Crippen LogP contribution is -1.91. The number of fused-ring (bicyclic) bond motifs is 7. The van der Waals surface area contributed by atoms with Crippen molar-refractivity contribution in [3.8, 4) is 44.5 Å². The Morgan fingerprint density at radius 3 is 1.22 bits per heavy atom. The maximum atomic E-state index is 2.45. The topological polar surface area (TPSA) is 0 Å². The lowest BCUT2D eigenvalue weighted by atomic mass is 9.85. The van der Waals surface area contributed by atoms with Crippen molar-refractivity contribution in [2.24, 2.45) is 0 Å². The van der Waals surface area contributed by atoms with Crippen LogP contribution in [0.25, 0.3) is 108 Å². The number of hydrogen-bond donors (Lipinski definition) is 0. The van der Waals surface area contributed by atoms with Gasteiger partial charge in [0.25, 0.3) is 0 Å². The molecular formula is C53H34S. The maximum absolute atomic E-state index is 2.45. The molecule has 11 rings (SSSR count). The summed E-state index contributed by atoms with van der Waals surface area (Å²) in [4.78, 5) is 0. The molecule has 0 radical (unpaired) electrons. The van der Waals surface area contributed by atoms with Crippen molar-refractivity contribution >= 4 is 74.6 Å². The van der Waals surface area contributed by atoms with Gasteiger partial charge in [0.15, 0.2) is 0 Å². The number of rotatable bonds is 4. The molecular weight excluding hydrogens is 669 g/mol. The zero-order valence-corrected chi connectivity index (χ0v) is 30.6. The second-order valence-electron chi connectivity index (χ2n) is 14.4.